The van der Waals surface area contributed by atoms with Gasteiger partial charge in [-0.2, -0.15) is 0 Å². The van der Waals surface area contributed by atoms with Crippen LogP contribution in [-0.2, 0) is 0 Å². The number of benzene rings is 2. The van der Waals surface area contributed by atoms with Crippen molar-refractivity contribution in [1.29, 1.82) is 0 Å². The van der Waals surface area contributed by atoms with E-state index in [2.05, 4.69) is 35.8 Å². The highest BCUT2D eigenvalue weighted by Gasteiger charge is 2.11. The van der Waals surface area contributed by atoms with Crippen molar-refractivity contribution in [2.45, 2.75) is 6.92 Å². The van der Waals surface area contributed by atoms with E-state index in [0.29, 0.717) is 0 Å². The van der Waals surface area contributed by atoms with Gasteiger partial charge in [-0.3, -0.25) is 0 Å². The van der Waals surface area contributed by atoms with E-state index >= 15 is 0 Å². The van der Waals surface area contributed by atoms with E-state index in [0.717, 1.165) is 38.0 Å². The Bertz CT molecular complexity index is 1030. The second kappa shape index (κ2) is 3.51. The Morgan fingerprint density at radius 1 is 1.05 bits per heavy atom. The van der Waals surface area contributed by atoms with Crippen LogP contribution in [0.25, 0.3) is 45.5 Å². The van der Waals surface area contributed by atoms with Crippen molar-refractivity contribution < 1.29 is 4.42 Å². The van der Waals surface area contributed by atoms with Crippen LogP contribution in [0.5, 0.6) is 0 Å². The van der Waals surface area contributed by atoms with Crippen molar-refractivity contribution in [1.82, 2.24) is 4.98 Å². The Morgan fingerprint density at radius 2 is 1.84 bits per heavy atom. The van der Waals surface area contributed by atoms with Crippen LogP contribution in [0.4, 0.5) is 0 Å². The quantitative estimate of drug-likeness (QED) is 0.507. The van der Waals surface area contributed by atoms with Gasteiger partial charge in [-0.1, -0.05) is 36.9 Å². The monoisotopic (exact) mass is 247 g/mol. The van der Waals surface area contributed by atoms with E-state index in [9.17, 15) is 0 Å². The molecule has 2 heteroatoms. The minimum absolute atomic E-state index is 0.914. The van der Waals surface area contributed by atoms with Gasteiger partial charge in [-0.05, 0) is 19.1 Å². The summed E-state index contributed by atoms with van der Waals surface area (Å²) in [5.41, 5.74) is 2.87. The number of nitrogens with one attached hydrogen (secondary N) is 1. The third-order valence-corrected chi connectivity index (χ3v) is 3.73. The zero-order valence-corrected chi connectivity index (χ0v) is 10.7. The van der Waals surface area contributed by atoms with Crippen molar-refractivity contribution in [3.05, 3.63) is 47.0 Å². The average Bonchev–Trinajstić information content (AvgIpc) is 2.95. The van der Waals surface area contributed by atoms with Gasteiger partial charge in [0.05, 0.1) is 5.52 Å². The van der Waals surface area contributed by atoms with Crippen LogP contribution in [0, 0.1) is 0 Å². The maximum Gasteiger partial charge on any atom is 0.159 e. The van der Waals surface area contributed by atoms with Crippen molar-refractivity contribution >= 4 is 45.5 Å². The van der Waals surface area contributed by atoms with Crippen molar-refractivity contribution in [3.8, 4) is 0 Å². The van der Waals surface area contributed by atoms with Crippen LogP contribution >= 0.6 is 0 Å². The van der Waals surface area contributed by atoms with E-state index < -0.39 is 0 Å². The number of furan rings is 1. The molecule has 0 saturated heterocycles. The Hall–Kier alpha value is -2.48. The molecule has 92 valence electrons. The van der Waals surface area contributed by atoms with Gasteiger partial charge in [0.25, 0.3) is 0 Å². The molecule has 0 bridgehead atoms. The highest BCUT2D eigenvalue weighted by molar-refractivity contribution is 6.13. The molecule has 0 atom stereocenters. The summed E-state index contributed by atoms with van der Waals surface area (Å²) in [6, 6.07) is 12.4. The maximum atomic E-state index is 6.01. The van der Waals surface area contributed by atoms with Gasteiger partial charge in [-0.15, -0.1) is 0 Å². The van der Waals surface area contributed by atoms with Crippen LogP contribution in [0.2, 0.25) is 0 Å². The molecular weight excluding hydrogens is 234 g/mol. The van der Waals surface area contributed by atoms with Crippen molar-refractivity contribution in [2.24, 2.45) is 0 Å². The van der Waals surface area contributed by atoms with Gasteiger partial charge in [-0.25, -0.2) is 0 Å². The van der Waals surface area contributed by atoms with E-state index in [1.807, 2.05) is 25.1 Å². The minimum atomic E-state index is 0.914. The summed E-state index contributed by atoms with van der Waals surface area (Å²) >= 11 is 0. The fraction of sp³-hybridized carbons (Fsp3) is 0.0588. The molecule has 0 saturated carbocycles. The highest BCUT2D eigenvalue weighted by atomic mass is 16.3. The number of aromatic amines is 1. The summed E-state index contributed by atoms with van der Waals surface area (Å²) in [6.45, 7) is 6.09. The molecule has 19 heavy (non-hydrogen) atoms. The molecular formula is C17H13NO. The smallest absolute Gasteiger partial charge is 0.159 e. The van der Waals surface area contributed by atoms with E-state index in [-0.39, 0.29) is 0 Å². The Balaban J connectivity index is 2.36. The Kier molecular flexibility index (Phi) is 1.93. The van der Waals surface area contributed by atoms with Gasteiger partial charge < -0.3 is 9.40 Å². The zero-order chi connectivity index (χ0) is 13.0. The van der Waals surface area contributed by atoms with Gasteiger partial charge in [0, 0.05) is 26.7 Å². The summed E-state index contributed by atoms with van der Waals surface area (Å²) in [5.74, 6) is 0. The van der Waals surface area contributed by atoms with E-state index in [1.54, 1.807) is 0 Å². The topological polar surface area (TPSA) is 28.9 Å². The lowest BCUT2D eigenvalue weighted by molar-refractivity contribution is 0.672. The molecule has 2 nitrogen and oxygen atoms in total. The van der Waals surface area contributed by atoms with Crippen LogP contribution in [0.15, 0.2) is 40.8 Å². The second-order valence-electron chi connectivity index (χ2n) is 4.77. The first-order chi connectivity index (χ1) is 9.29. The van der Waals surface area contributed by atoms with Crippen LogP contribution in [0.1, 0.15) is 6.92 Å². The van der Waals surface area contributed by atoms with E-state index in [1.165, 1.54) is 5.39 Å². The molecule has 0 fully saturated rings. The van der Waals surface area contributed by atoms with E-state index in [4.69, 9.17) is 4.42 Å². The molecule has 0 spiro atoms. The van der Waals surface area contributed by atoms with Gasteiger partial charge in [0.1, 0.15) is 5.58 Å². The van der Waals surface area contributed by atoms with Crippen molar-refractivity contribution in [3.63, 3.8) is 0 Å². The summed E-state index contributed by atoms with van der Waals surface area (Å²) in [5, 5.41) is 5.55. The number of fused-ring (bicyclic) bond motifs is 5. The fourth-order valence-corrected chi connectivity index (χ4v) is 2.85. The molecule has 0 aliphatic carbocycles. The molecule has 0 unspecified atom stereocenters. The second-order valence-corrected chi connectivity index (χ2v) is 4.77. The standard InChI is InChI=1S/C17H13NO/c1-3-11-10(2)18-16-13(11)8-9-14-12-6-4-5-7-15(12)19-17(14)16/h3-9,18H,2H2,1H3/b11-3+. The number of hydrogen-bond donors (Lipinski definition) is 1. The first-order valence-electron chi connectivity index (χ1n) is 6.37. The number of rotatable bonds is 0. The number of hydrogen-bond acceptors (Lipinski definition) is 1. The molecule has 1 N–H and O–H groups in total. The van der Waals surface area contributed by atoms with Crippen LogP contribution in [0.3, 0.4) is 0 Å². The molecule has 4 rings (SSSR count). The number of aromatic nitrogens is 1. The lowest BCUT2D eigenvalue weighted by Crippen LogP contribution is -2.19. The summed E-state index contributed by atoms with van der Waals surface area (Å²) in [4.78, 5) is 3.35. The summed E-state index contributed by atoms with van der Waals surface area (Å²) in [6.07, 6.45) is 2.08. The van der Waals surface area contributed by atoms with Gasteiger partial charge in [0.2, 0.25) is 0 Å². The minimum Gasteiger partial charge on any atom is -0.454 e. The fourth-order valence-electron chi connectivity index (χ4n) is 2.85. The Labute approximate surface area is 109 Å². The molecule has 4 aromatic rings. The lowest BCUT2D eigenvalue weighted by Gasteiger charge is -1.91. The summed E-state index contributed by atoms with van der Waals surface area (Å²) < 4.78 is 6.01. The number of para-hydroxylation sites is 1. The van der Waals surface area contributed by atoms with Crippen LogP contribution < -0.4 is 10.6 Å². The molecule has 0 radical (unpaired) electrons. The Morgan fingerprint density at radius 3 is 2.68 bits per heavy atom. The van der Waals surface area contributed by atoms with Crippen LogP contribution in [-0.4, -0.2) is 4.98 Å². The molecule has 2 heterocycles. The third kappa shape index (κ3) is 1.26. The van der Waals surface area contributed by atoms with Gasteiger partial charge in [0.15, 0.2) is 5.58 Å². The predicted molar refractivity (Wildman–Crippen MR) is 80.5 cm³/mol. The third-order valence-electron chi connectivity index (χ3n) is 3.73. The molecule has 2 aromatic carbocycles. The molecule has 0 amide bonds. The lowest BCUT2D eigenvalue weighted by atomic mass is 10.1. The highest BCUT2D eigenvalue weighted by Crippen LogP contribution is 2.31. The van der Waals surface area contributed by atoms with Gasteiger partial charge >= 0.3 is 0 Å². The molecule has 0 aliphatic heterocycles. The molecule has 2 aromatic heterocycles. The summed E-state index contributed by atoms with van der Waals surface area (Å²) in [7, 11) is 0. The number of H-pyrrole nitrogens is 1. The predicted octanol–water partition coefficient (Wildman–Crippen LogP) is 3.28. The largest absolute Gasteiger partial charge is 0.454 e. The SMILES string of the molecule is C=c1[nH]c2c(ccc3c4ccccc4oc32)/c1=C/C. The van der Waals surface area contributed by atoms with Crippen molar-refractivity contribution in [2.75, 3.05) is 0 Å². The first kappa shape index (κ1) is 10.4. The normalized spacial score (nSPS) is 13.0. The first-order valence-corrected chi connectivity index (χ1v) is 6.37. The zero-order valence-electron chi connectivity index (χ0n) is 10.7. The average molecular weight is 247 g/mol. The maximum absolute atomic E-state index is 6.01. The molecule has 0 aliphatic rings.